The molecule has 2 N–H and O–H groups in total. The van der Waals surface area contributed by atoms with Gasteiger partial charge in [0, 0.05) is 44.7 Å². The number of nitrogens with zero attached hydrogens (tertiary/aromatic N) is 4. The standard InChI is InChI=1S/C18H28N6O/c1-5-24(6-2)15-8-9-16(14(3)12-15)21-18-22-17(13-20-23-18)19-10-7-11-25-4/h8-9,12-13H,5-7,10-11H2,1-4H3,(H2,19,21,22,23). The van der Waals surface area contributed by atoms with Crippen molar-refractivity contribution in [2.24, 2.45) is 0 Å². The Morgan fingerprint density at radius 3 is 2.68 bits per heavy atom. The highest BCUT2D eigenvalue weighted by Gasteiger charge is 2.07. The third-order valence-electron chi connectivity index (χ3n) is 3.98. The van der Waals surface area contributed by atoms with Crippen LogP contribution in [0.15, 0.2) is 24.4 Å². The molecule has 1 aromatic heterocycles. The Balaban J connectivity index is 2.04. The summed E-state index contributed by atoms with van der Waals surface area (Å²) in [5.74, 6) is 1.18. The van der Waals surface area contributed by atoms with Crippen molar-refractivity contribution in [3.8, 4) is 0 Å². The minimum absolute atomic E-state index is 0.482. The van der Waals surface area contributed by atoms with Crippen molar-refractivity contribution < 1.29 is 4.74 Å². The molecule has 136 valence electrons. The van der Waals surface area contributed by atoms with E-state index < -0.39 is 0 Å². The molecular weight excluding hydrogens is 316 g/mol. The number of aromatic nitrogens is 3. The second kappa shape index (κ2) is 9.78. The molecule has 0 aliphatic rings. The molecule has 0 aliphatic heterocycles. The zero-order valence-corrected chi connectivity index (χ0v) is 15.5. The second-order valence-electron chi connectivity index (χ2n) is 5.73. The number of hydrogen-bond acceptors (Lipinski definition) is 7. The molecule has 1 heterocycles. The van der Waals surface area contributed by atoms with Crippen molar-refractivity contribution in [2.75, 3.05) is 48.9 Å². The molecule has 0 saturated heterocycles. The van der Waals surface area contributed by atoms with Crippen LogP contribution in [-0.2, 0) is 4.74 Å². The maximum Gasteiger partial charge on any atom is 0.249 e. The number of aryl methyl sites for hydroxylation is 1. The molecule has 2 aromatic rings. The zero-order valence-electron chi connectivity index (χ0n) is 15.5. The lowest BCUT2D eigenvalue weighted by Crippen LogP contribution is -2.21. The van der Waals surface area contributed by atoms with Crippen molar-refractivity contribution >= 4 is 23.1 Å². The maximum atomic E-state index is 5.03. The lowest BCUT2D eigenvalue weighted by Gasteiger charge is -2.22. The van der Waals surface area contributed by atoms with Gasteiger partial charge in [0.25, 0.3) is 0 Å². The van der Waals surface area contributed by atoms with E-state index in [4.69, 9.17) is 4.74 Å². The molecule has 0 radical (unpaired) electrons. The minimum Gasteiger partial charge on any atom is -0.385 e. The monoisotopic (exact) mass is 344 g/mol. The SMILES string of the molecule is CCN(CC)c1ccc(Nc2nncc(NCCCOC)n2)c(C)c1. The van der Waals surface area contributed by atoms with Gasteiger partial charge in [0.1, 0.15) is 0 Å². The van der Waals surface area contributed by atoms with Crippen molar-refractivity contribution in [1.29, 1.82) is 0 Å². The fourth-order valence-corrected chi connectivity index (χ4v) is 2.57. The van der Waals surface area contributed by atoms with E-state index in [0.29, 0.717) is 18.4 Å². The number of rotatable bonds is 10. The molecule has 0 amide bonds. The van der Waals surface area contributed by atoms with Gasteiger partial charge in [0.2, 0.25) is 5.95 Å². The average molecular weight is 344 g/mol. The molecule has 25 heavy (non-hydrogen) atoms. The Kier molecular flexibility index (Phi) is 7.40. The third-order valence-corrected chi connectivity index (χ3v) is 3.98. The summed E-state index contributed by atoms with van der Waals surface area (Å²) >= 11 is 0. The zero-order chi connectivity index (χ0) is 18.1. The molecule has 0 spiro atoms. The third kappa shape index (κ3) is 5.56. The number of anilines is 4. The van der Waals surface area contributed by atoms with Gasteiger partial charge in [-0.05, 0) is 51.0 Å². The normalized spacial score (nSPS) is 10.6. The highest BCUT2D eigenvalue weighted by atomic mass is 16.5. The molecule has 0 aliphatic carbocycles. The maximum absolute atomic E-state index is 5.03. The smallest absolute Gasteiger partial charge is 0.249 e. The van der Waals surface area contributed by atoms with E-state index in [1.165, 1.54) is 5.69 Å². The molecule has 7 nitrogen and oxygen atoms in total. The molecule has 0 atom stereocenters. The van der Waals surface area contributed by atoms with Gasteiger partial charge in [-0.25, -0.2) is 0 Å². The fraction of sp³-hybridized carbons (Fsp3) is 0.500. The van der Waals surface area contributed by atoms with Crippen molar-refractivity contribution in [3.63, 3.8) is 0 Å². The first-order chi connectivity index (χ1) is 12.2. The van der Waals surface area contributed by atoms with E-state index in [9.17, 15) is 0 Å². The molecule has 1 aromatic carbocycles. The van der Waals surface area contributed by atoms with Crippen LogP contribution in [0.2, 0.25) is 0 Å². The van der Waals surface area contributed by atoms with Gasteiger partial charge < -0.3 is 20.3 Å². The first-order valence-electron chi connectivity index (χ1n) is 8.73. The number of benzene rings is 1. The number of ether oxygens (including phenoxy) is 1. The van der Waals surface area contributed by atoms with E-state index in [1.54, 1.807) is 13.3 Å². The Morgan fingerprint density at radius 2 is 2.00 bits per heavy atom. The van der Waals surface area contributed by atoms with E-state index in [1.807, 2.05) is 0 Å². The second-order valence-corrected chi connectivity index (χ2v) is 5.73. The summed E-state index contributed by atoms with van der Waals surface area (Å²) < 4.78 is 5.03. The number of methoxy groups -OCH3 is 1. The van der Waals surface area contributed by atoms with Crippen molar-refractivity contribution in [1.82, 2.24) is 15.2 Å². The van der Waals surface area contributed by atoms with Gasteiger partial charge in [-0.15, -0.1) is 5.10 Å². The molecule has 2 rings (SSSR count). The summed E-state index contributed by atoms with van der Waals surface area (Å²) in [7, 11) is 1.70. The van der Waals surface area contributed by atoms with E-state index >= 15 is 0 Å². The van der Waals surface area contributed by atoms with Crippen LogP contribution in [0.3, 0.4) is 0 Å². The van der Waals surface area contributed by atoms with Gasteiger partial charge in [-0.1, -0.05) is 0 Å². The molecule has 0 fully saturated rings. The van der Waals surface area contributed by atoms with Crippen LogP contribution in [0, 0.1) is 6.92 Å². The Bertz CT molecular complexity index is 660. The van der Waals surface area contributed by atoms with Gasteiger partial charge in [0.15, 0.2) is 5.82 Å². The predicted molar refractivity (Wildman–Crippen MR) is 103 cm³/mol. The van der Waals surface area contributed by atoms with Crippen LogP contribution in [0.1, 0.15) is 25.8 Å². The van der Waals surface area contributed by atoms with Gasteiger partial charge in [-0.3, -0.25) is 0 Å². The summed E-state index contributed by atoms with van der Waals surface area (Å²) in [5.41, 5.74) is 3.35. The number of nitrogens with one attached hydrogen (secondary N) is 2. The molecule has 0 bridgehead atoms. The average Bonchev–Trinajstić information content (AvgIpc) is 2.62. The van der Waals surface area contributed by atoms with Gasteiger partial charge in [0.05, 0.1) is 6.20 Å². The fourth-order valence-electron chi connectivity index (χ4n) is 2.57. The lowest BCUT2D eigenvalue weighted by molar-refractivity contribution is 0.197. The lowest BCUT2D eigenvalue weighted by atomic mass is 10.1. The quantitative estimate of drug-likeness (QED) is 0.641. The van der Waals surface area contributed by atoms with Gasteiger partial charge >= 0.3 is 0 Å². The highest BCUT2D eigenvalue weighted by molar-refractivity contribution is 5.64. The topological polar surface area (TPSA) is 75.2 Å². The predicted octanol–water partition coefficient (Wildman–Crippen LogP) is 3.22. The largest absolute Gasteiger partial charge is 0.385 e. The minimum atomic E-state index is 0.482. The Labute approximate surface area is 149 Å². The summed E-state index contributed by atoms with van der Waals surface area (Å²) in [6, 6.07) is 6.35. The van der Waals surface area contributed by atoms with Crippen LogP contribution in [0.4, 0.5) is 23.1 Å². The van der Waals surface area contributed by atoms with Crippen LogP contribution in [0.5, 0.6) is 0 Å². The molecular formula is C18H28N6O. The van der Waals surface area contributed by atoms with Gasteiger partial charge in [-0.2, -0.15) is 10.1 Å². The Morgan fingerprint density at radius 1 is 1.20 bits per heavy atom. The first kappa shape index (κ1) is 18.9. The van der Waals surface area contributed by atoms with Crippen LogP contribution >= 0.6 is 0 Å². The molecule has 0 unspecified atom stereocenters. The van der Waals surface area contributed by atoms with Crippen LogP contribution in [0.25, 0.3) is 0 Å². The highest BCUT2D eigenvalue weighted by Crippen LogP contribution is 2.24. The van der Waals surface area contributed by atoms with E-state index in [-0.39, 0.29) is 0 Å². The first-order valence-corrected chi connectivity index (χ1v) is 8.73. The van der Waals surface area contributed by atoms with Crippen molar-refractivity contribution in [2.45, 2.75) is 27.2 Å². The summed E-state index contributed by atoms with van der Waals surface area (Å²) in [4.78, 5) is 6.77. The molecule has 0 saturated carbocycles. The summed E-state index contributed by atoms with van der Waals surface area (Å²) in [6.45, 7) is 9.89. The van der Waals surface area contributed by atoms with Crippen LogP contribution in [-0.4, -0.2) is 48.5 Å². The molecule has 7 heteroatoms. The van der Waals surface area contributed by atoms with E-state index in [0.717, 1.165) is 37.3 Å². The Hall–Kier alpha value is -2.41. The number of hydrogen-bond donors (Lipinski definition) is 2. The summed E-state index contributed by atoms with van der Waals surface area (Å²) in [5, 5.41) is 14.5. The summed E-state index contributed by atoms with van der Waals surface area (Å²) in [6.07, 6.45) is 2.53. The van der Waals surface area contributed by atoms with E-state index in [2.05, 4.69) is 69.7 Å². The van der Waals surface area contributed by atoms with Crippen LogP contribution < -0.4 is 15.5 Å². The van der Waals surface area contributed by atoms with Crippen molar-refractivity contribution in [3.05, 3.63) is 30.0 Å².